The summed E-state index contributed by atoms with van der Waals surface area (Å²) < 4.78 is 0. The third-order valence-corrected chi connectivity index (χ3v) is 3.14. The lowest BCUT2D eigenvalue weighted by Gasteiger charge is -2.31. The lowest BCUT2D eigenvalue weighted by molar-refractivity contribution is -0.137. The molecule has 3 N–H and O–H groups in total. The SMILES string of the molecule is CCCC(CC(=O)O)NC(=O)N1CCC(O)CC1. The number of urea groups is 1. The van der Waals surface area contributed by atoms with E-state index in [2.05, 4.69) is 5.32 Å². The number of piperidine rings is 1. The molecule has 0 saturated carbocycles. The van der Waals surface area contributed by atoms with Crippen molar-refractivity contribution in [2.75, 3.05) is 13.1 Å². The van der Waals surface area contributed by atoms with Crippen LogP contribution in [0, 0.1) is 0 Å². The summed E-state index contributed by atoms with van der Waals surface area (Å²) in [5, 5.41) is 20.9. The number of nitrogens with zero attached hydrogens (tertiary/aromatic N) is 1. The fourth-order valence-electron chi connectivity index (χ4n) is 2.12. The number of carbonyl (C=O) groups excluding carboxylic acids is 1. The molecule has 18 heavy (non-hydrogen) atoms. The molecule has 104 valence electrons. The predicted molar refractivity (Wildman–Crippen MR) is 66.3 cm³/mol. The Morgan fingerprint density at radius 2 is 2.00 bits per heavy atom. The number of carbonyl (C=O) groups is 2. The van der Waals surface area contributed by atoms with Crippen molar-refractivity contribution < 1.29 is 19.8 Å². The Balaban J connectivity index is 2.42. The van der Waals surface area contributed by atoms with Gasteiger partial charge in [-0.25, -0.2) is 4.79 Å². The summed E-state index contributed by atoms with van der Waals surface area (Å²) in [6.45, 7) is 3.01. The average Bonchev–Trinajstić information content (AvgIpc) is 2.29. The van der Waals surface area contributed by atoms with E-state index in [0.717, 1.165) is 6.42 Å². The molecule has 2 amide bonds. The van der Waals surface area contributed by atoms with Gasteiger partial charge in [-0.05, 0) is 19.3 Å². The molecule has 1 atom stereocenters. The molecule has 1 unspecified atom stereocenters. The number of aliphatic carboxylic acids is 1. The van der Waals surface area contributed by atoms with Gasteiger partial charge in [-0.15, -0.1) is 0 Å². The molecule has 0 radical (unpaired) electrons. The van der Waals surface area contributed by atoms with Gasteiger partial charge in [0.25, 0.3) is 0 Å². The van der Waals surface area contributed by atoms with Crippen molar-refractivity contribution >= 4 is 12.0 Å². The van der Waals surface area contributed by atoms with Crippen molar-refractivity contribution in [3.8, 4) is 0 Å². The van der Waals surface area contributed by atoms with Crippen LogP contribution in [0.15, 0.2) is 0 Å². The van der Waals surface area contributed by atoms with Gasteiger partial charge >= 0.3 is 12.0 Å². The number of likely N-dealkylation sites (tertiary alicyclic amines) is 1. The minimum Gasteiger partial charge on any atom is -0.481 e. The lowest BCUT2D eigenvalue weighted by Crippen LogP contribution is -2.49. The van der Waals surface area contributed by atoms with Gasteiger partial charge in [0.1, 0.15) is 0 Å². The van der Waals surface area contributed by atoms with Crippen LogP contribution in [0.1, 0.15) is 39.0 Å². The molecule has 6 heteroatoms. The first-order valence-electron chi connectivity index (χ1n) is 6.48. The van der Waals surface area contributed by atoms with E-state index in [-0.39, 0.29) is 24.6 Å². The molecule has 1 rings (SSSR count). The van der Waals surface area contributed by atoms with Gasteiger partial charge in [-0.3, -0.25) is 4.79 Å². The van der Waals surface area contributed by atoms with Crippen molar-refractivity contribution in [3.05, 3.63) is 0 Å². The van der Waals surface area contributed by atoms with Crippen LogP contribution in [0.25, 0.3) is 0 Å². The average molecular weight is 258 g/mol. The van der Waals surface area contributed by atoms with Crippen LogP contribution in [0.3, 0.4) is 0 Å². The standard InChI is InChI=1S/C12H22N2O4/c1-2-3-9(8-11(16)17)13-12(18)14-6-4-10(15)5-7-14/h9-10,15H,2-8H2,1H3,(H,13,18)(H,16,17). The van der Waals surface area contributed by atoms with E-state index < -0.39 is 5.97 Å². The van der Waals surface area contributed by atoms with E-state index in [9.17, 15) is 14.7 Å². The van der Waals surface area contributed by atoms with E-state index >= 15 is 0 Å². The van der Waals surface area contributed by atoms with E-state index in [1.807, 2.05) is 6.92 Å². The molecule has 0 aromatic rings. The molecule has 1 saturated heterocycles. The van der Waals surface area contributed by atoms with Gasteiger partial charge in [0, 0.05) is 19.1 Å². The van der Waals surface area contributed by atoms with Gasteiger partial charge < -0.3 is 20.4 Å². The molecule has 0 aliphatic carbocycles. The molecule has 1 aliphatic heterocycles. The Kier molecular flexibility index (Phi) is 5.91. The second-order valence-electron chi connectivity index (χ2n) is 4.75. The largest absolute Gasteiger partial charge is 0.481 e. The fraction of sp³-hybridized carbons (Fsp3) is 0.833. The molecular formula is C12H22N2O4. The predicted octanol–water partition coefficient (Wildman–Crippen LogP) is 0.796. The zero-order valence-corrected chi connectivity index (χ0v) is 10.8. The van der Waals surface area contributed by atoms with Gasteiger partial charge in [-0.2, -0.15) is 0 Å². The second kappa shape index (κ2) is 7.20. The smallest absolute Gasteiger partial charge is 0.317 e. The summed E-state index contributed by atoms with van der Waals surface area (Å²) in [7, 11) is 0. The van der Waals surface area contributed by atoms with Gasteiger partial charge in [0.05, 0.1) is 12.5 Å². The minimum absolute atomic E-state index is 0.0456. The molecule has 1 fully saturated rings. The Bertz CT molecular complexity index is 288. The van der Waals surface area contributed by atoms with E-state index in [4.69, 9.17) is 5.11 Å². The summed E-state index contributed by atoms with van der Waals surface area (Å²) in [5.41, 5.74) is 0. The van der Waals surface area contributed by atoms with Gasteiger partial charge in [-0.1, -0.05) is 13.3 Å². The van der Waals surface area contributed by atoms with Gasteiger partial charge in [0.2, 0.25) is 0 Å². The number of carboxylic acids is 1. The first-order chi connectivity index (χ1) is 8.52. The van der Waals surface area contributed by atoms with Crippen LogP contribution in [-0.2, 0) is 4.79 Å². The maximum atomic E-state index is 11.9. The van der Waals surface area contributed by atoms with Gasteiger partial charge in [0.15, 0.2) is 0 Å². The maximum Gasteiger partial charge on any atom is 0.317 e. The van der Waals surface area contributed by atoms with Crippen LogP contribution < -0.4 is 5.32 Å². The molecule has 0 spiro atoms. The third kappa shape index (κ3) is 4.91. The number of hydrogen-bond acceptors (Lipinski definition) is 3. The Morgan fingerprint density at radius 3 is 2.50 bits per heavy atom. The third-order valence-electron chi connectivity index (χ3n) is 3.14. The second-order valence-corrected chi connectivity index (χ2v) is 4.75. The molecule has 0 bridgehead atoms. The van der Waals surface area contributed by atoms with Crippen molar-refractivity contribution in [3.63, 3.8) is 0 Å². The maximum absolute atomic E-state index is 11.9. The van der Waals surface area contributed by atoms with Crippen molar-refractivity contribution in [1.82, 2.24) is 10.2 Å². The number of hydrogen-bond donors (Lipinski definition) is 3. The summed E-state index contributed by atoms with van der Waals surface area (Å²) in [4.78, 5) is 24.2. The number of carboxylic acid groups (broad SMARTS) is 1. The minimum atomic E-state index is -0.900. The molecule has 0 aromatic heterocycles. The number of aliphatic hydroxyl groups excluding tert-OH is 1. The van der Waals surface area contributed by atoms with E-state index in [1.54, 1.807) is 4.90 Å². The van der Waals surface area contributed by atoms with Crippen molar-refractivity contribution in [1.29, 1.82) is 0 Å². The van der Waals surface area contributed by atoms with Crippen molar-refractivity contribution in [2.24, 2.45) is 0 Å². The number of rotatable bonds is 5. The van der Waals surface area contributed by atoms with Crippen LogP contribution in [0.5, 0.6) is 0 Å². The zero-order chi connectivity index (χ0) is 13.5. The number of nitrogens with one attached hydrogen (secondary N) is 1. The highest BCUT2D eigenvalue weighted by molar-refractivity contribution is 5.76. The Labute approximate surface area is 107 Å². The fourth-order valence-corrected chi connectivity index (χ4v) is 2.12. The van der Waals surface area contributed by atoms with Crippen LogP contribution in [0.4, 0.5) is 4.79 Å². The van der Waals surface area contributed by atoms with E-state index in [0.29, 0.717) is 32.4 Å². The number of aliphatic hydroxyl groups is 1. The molecular weight excluding hydrogens is 236 g/mol. The zero-order valence-electron chi connectivity index (χ0n) is 10.8. The van der Waals surface area contributed by atoms with Crippen molar-refractivity contribution in [2.45, 2.75) is 51.2 Å². The quantitative estimate of drug-likeness (QED) is 0.680. The van der Waals surface area contributed by atoms with Crippen LogP contribution in [0.2, 0.25) is 0 Å². The summed E-state index contributed by atoms with van der Waals surface area (Å²) in [6, 6.07) is -0.534. The molecule has 6 nitrogen and oxygen atoms in total. The highest BCUT2D eigenvalue weighted by atomic mass is 16.4. The summed E-state index contributed by atoms with van der Waals surface area (Å²) in [6.07, 6.45) is 2.30. The first kappa shape index (κ1) is 14.8. The first-order valence-corrected chi connectivity index (χ1v) is 6.48. The topological polar surface area (TPSA) is 89.9 Å². The molecule has 0 aromatic carbocycles. The van der Waals surface area contributed by atoms with Crippen LogP contribution >= 0.6 is 0 Å². The normalized spacial score (nSPS) is 18.4. The van der Waals surface area contributed by atoms with E-state index in [1.165, 1.54) is 0 Å². The Morgan fingerprint density at radius 1 is 1.39 bits per heavy atom. The summed E-state index contributed by atoms with van der Waals surface area (Å²) >= 11 is 0. The lowest BCUT2D eigenvalue weighted by atomic mass is 10.1. The highest BCUT2D eigenvalue weighted by Crippen LogP contribution is 2.11. The monoisotopic (exact) mass is 258 g/mol. The highest BCUT2D eigenvalue weighted by Gasteiger charge is 2.23. The molecule has 1 heterocycles. The van der Waals surface area contributed by atoms with Crippen LogP contribution in [-0.4, -0.2) is 52.3 Å². The summed E-state index contributed by atoms with van der Waals surface area (Å²) in [5.74, 6) is -0.900. The molecule has 1 aliphatic rings. The number of amides is 2. The Hall–Kier alpha value is -1.30.